The van der Waals surface area contributed by atoms with Crippen LogP contribution in [0.5, 0.6) is 0 Å². The van der Waals surface area contributed by atoms with E-state index in [1.165, 1.54) is 4.91 Å². The molecule has 0 bridgehead atoms. The number of aliphatic imine (C=N–C) groups is 1. The zero-order valence-corrected chi connectivity index (χ0v) is 16.4. The van der Waals surface area contributed by atoms with Gasteiger partial charge in [-0.05, 0) is 63.5 Å². The van der Waals surface area contributed by atoms with Gasteiger partial charge in [0.1, 0.15) is 0 Å². The molecule has 0 fully saturated rings. The zero-order chi connectivity index (χ0) is 17.7. The first kappa shape index (κ1) is 22.0. The Bertz CT molecular complexity index is 381. The molecule has 0 radical (unpaired) electrons. The molecule has 134 valence electrons. The number of amides is 1. The van der Waals surface area contributed by atoms with Gasteiger partial charge in [-0.1, -0.05) is 20.3 Å². The van der Waals surface area contributed by atoms with E-state index in [1.807, 2.05) is 20.0 Å². The Morgan fingerprint density at radius 2 is 1.96 bits per heavy atom. The lowest BCUT2D eigenvalue weighted by Crippen LogP contribution is -2.36. The van der Waals surface area contributed by atoms with Crippen LogP contribution in [0.15, 0.2) is 16.1 Å². The minimum Gasteiger partial charge on any atom is -0.447 e. The second kappa shape index (κ2) is 13.5. The normalized spacial score (nSPS) is 15.0. The summed E-state index contributed by atoms with van der Waals surface area (Å²) in [6, 6.07) is 0.164. The molecule has 23 heavy (non-hydrogen) atoms. The SMILES string of the molecule is CCCC(/C=N/C=C(/C)SC)CCC(CC)NC(=O)OC(C)C. The molecule has 0 aliphatic heterocycles. The number of alkyl carbamates (subject to hydrolysis) is 1. The van der Waals surface area contributed by atoms with Crippen molar-refractivity contribution in [2.24, 2.45) is 10.9 Å². The molecule has 0 saturated heterocycles. The predicted molar refractivity (Wildman–Crippen MR) is 102 cm³/mol. The van der Waals surface area contributed by atoms with E-state index in [1.54, 1.807) is 11.8 Å². The van der Waals surface area contributed by atoms with Gasteiger partial charge in [-0.3, -0.25) is 4.99 Å². The largest absolute Gasteiger partial charge is 0.447 e. The molecule has 1 N–H and O–H groups in total. The average molecular weight is 343 g/mol. The third-order valence-corrected chi connectivity index (χ3v) is 4.33. The molecule has 0 aliphatic rings. The number of hydrogen-bond donors (Lipinski definition) is 1. The maximum absolute atomic E-state index is 11.7. The van der Waals surface area contributed by atoms with Gasteiger partial charge in [-0.2, -0.15) is 0 Å². The number of allylic oxidation sites excluding steroid dienone is 1. The number of hydrogen-bond acceptors (Lipinski definition) is 4. The maximum Gasteiger partial charge on any atom is 0.407 e. The molecule has 0 saturated carbocycles. The summed E-state index contributed by atoms with van der Waals surface area (Å²) >= 11 is 1.71. The topological polar surface area (TPSA) is 50.7 Å². The fourth-order valence-corrected chi connectivity index (χ4v) is 2.36. The molecule has 0 aromatic carbocycles. The predicted octanol–water partition coefficient (Wildman–Crippen LogP) is 5.39. The number of rotatable bonds is 11. The first-order chi connectivity index (χ1) is 10.9. The Labute approximate surface area is 146 Å². The van der Waals surface area contributed by atoms with Crippen molar-refractivity contribution in [1.82, 2.24) is 5.32 Å². The number of thioether (sulfide) groups is 1. The summed E-state index contributed by atoms with van der Waals surface area (Å²) in [4.78, 5) is 17.4. The lowest BCUT2D eigenvalue weighted by Gasteiger charge is -2.20. The van der Waals surface area contributed by atoms with Gasteiger partial charge in [-0.15, -0.1) is 11.8 Å². The highest BCUT2D eigenvalue weighted by molar-refractivity contribution is 8.02. The molecule has 0 spiro atoms. The molecule has 0 rings (SSSR count). The number of carbonyl (C=O) groups is 1. The van der Waals surface area contributed by atoms with Crippen LogP contribution in [0.25, 0.3) is 0 Å². The quantitative estimate of drug-likeness (QED) is 0.512. The van der Waals surface area contributed by atoms with E-state index in [4.69, 9.17) is 4.74 Å². The molecule has 2 atom stereocenters. The lowest BCUT2D eigenvalue weighted by molar-refractivity contribution is 0.111. The summed E-state index contributed by atoms with van der Waals surface area (Å²) in [5.41, 5.74) is 0. The number of ether oxygens (including phenoxy) is 1. The highest BCUT2D eigenvalue weighted by Crippen LogP contribution is 2.15. The van der Waals surface area contributed by atoms with Crippen molar-refractivity contribution >= 4 is 24.1 Å². The molecule has 0 aromatic rings. The maximum atomic E-state index is 11.7. The van der Waals surface area contributed by atoms with E-state index in [9.17, 15) is 4.79 Å². The molecule has 0 aromatic heterocycles. The summed E-state index contributed by atoms with van der Waals surface area (Å²) in [6.07, 6.45) is 10.8. The second-order valence-corrected chi connectivity index (χ2v) is 7.12. The van der Waals surface area contributed by atoms with Gasteiger partial charge < -0.3 is 10.1 Å². The van der Waals surface area contributed by atoms with Crippen molar-refractivity contribution in [3.8, 4) is 0 Å². The van der Waals surface area contributed by atoms with Gasteiger partial charge in [0, 0.05) is 18.5 Å². The summed E-state index contributed by atoms with van der Waals surface area (Å²) in [5, 5.41) is 2.96. The van der Waals surface area contributed by atoms with Gasteiger partial charge >= 0.3 is 6.09 Å². The zero-order valence-electron chi connectivity index (χ0n) is 15.6. The molecule has 5 heteroatoms. The minimum absolute atomic E-state index is 0.0843. The van der Waals surface area contributed by atoms with Crippen molar-refractivity contribution in [3.05, 3.63) is 11.1 Å². The molecular weight excluding hydrogens is 308 g/mol. The molecular formula is C18H34N2O2S. The summed E-state index contributed by atoms with van der Waals surface area (Å²) in [6.45, 7) is 10.1. The molecule has 4 nitrogen and oxygen atoms in total. The number of carbonyl (C=O) groups excluding carboxylic acids is 1. The van der Waals surface area contributed by atoms with E-state index in [0.29, 0.717) is 5.92 Å². The Kier molecular flexibility index (Phi) is 12.9. The third-order valence-electron chi connectivity index (χ3n) is 3.58. The van der Waals surface area contributed by atoms with Crippen molar-refractivity contribution in [1.29, 1.82) is 0 Å². The third kappa shape index (κ3) is 12.2. The van der Waals surface area contributed by atoms with Gasteiger partial charge in [-0.25, -0.2) is 4.79 Å². The van der Waals surface area contributed by atoms with Crippen LogP contribution in [-0.4, -0.2) is 30.7 Å². The van der Waals surface area contributed by atoms with E-state index in [2.05, 4.69) is 43.6 Å². The number of nitrogens with one attached hydrogen (secondary N) is 1. The van der Waals surface area contributed by atoms with Gasteiger partial charge in [0.25, 0.3) is 0 Å². The molecule has 0 aliphatic carbocycles. The van der Waals surface area contributed by atoms with Crippen LogP contribution in [0.4, 0.5) is 4.79 Å². The first-order valence-corrected chi connectivity index (χ1v) is 9.86. The van der Waals surface area contributed by atoms with Crippen molar-refractivity contribution in [2.75, 3.05) is 6.26 Å². The second-order valence-electron chi connectivity index (χ2n) is 6.07. The number of nitrogens with zero attached hydrogens (tertiary/aromatic N) is 1. The van der Waals surface area contributed by atoms with Crippen LogP contribution in [0.3, 0.4) is 0 Å². The fraction of sp³-hybridized carbons (Fsp3) is 0.778. The smallest absolute Gasteiger partial charge is 0.407 e. The Hall–Kier alpha value is -0.970. The van der Waals surface area contributed by atoms with E-state index in [0.717, 1.165) is 32.1 Å². The van der Waals surface area contributed by atoms with Gasteiger partial charge in [0.2, 0.25) is 0 Å². The highest BCUT2D eigenvalue weighted by atomic mass is 32.2. The van der Waals surface area contributed by atoms with Crippen molar-refractivity contribution in [3.63, 3.8) is 0 Å². The first-order valence-electron chi connectivity index (χ1n) is 8.64. The van der Waals surface area contributed by atoms with E-state index >= 15 is 0 Å². The fourth-order valence-electron chi connectivity index (χ4n) is 2.19. The van der Waals surface area contributed by atoms with E-state index in [-0.39, 0.29) is 18.2 Å². The van der Waals surface area contributed by atoms with Crippen LogP contribution in [0, 0.1) is 5.92 Å². The summed E-state index contributed by atoms with van der Waals surface area (Å²) in [7, 11) is 0. The van der Waals surface area contributed by atoms with Crippen molar-refractivity contribution in [2.45, 2.75) is 78.9 Å². The van der Waals surface area contributed by atoms with Crippen LogP contribution in [0.2, 0.25) is 0 Å². The highest BCUT2D eigenvalue weighted by Gasteiger charge is 2.14. The van der Waals surface area contributed by atoms with Crippen molar-refractivity contribution < 1.29 is 9.53 Å². The minimum atomic E-state index is -0.314. The lowest BCUT2D eigenvalue weighted by atomic mass is 9.96. The Balaban J connectivity index is 4.43. The molecule has 1 amide bonds. The van der Waals surface area contributed by atoms with Gasteiger partial charge in [0.15, 0.2) is 0 Å². The van der Waals surface area contributed by atoms with Crippen LogP contribution >= 0.6 is 11.8 Å². The average Bonchev–Trinajstić information content (AvgIpc) is 2.49. The van der Waals surface area contributed by atoms with Crippen LogP contribution in [-0.2, 0) is 4.74 Å². The molecule has 0 heterocycles. The molecule has 2 unspecified atom stereocenters. The monoisotopic (exact) mass is 342 g/mol. The summed E-state index contributed by atoms with van der Waals surface area (Å²) < 4.78 is 5.15. The standard InChI is InChI=1S/C18H34N2O2S/c1-7-9-16(13-19-12-15(5)23-6)10-11-17(8-2)20-18(21)22-14(3)4/h12-14,16-17H,7-11H2,1-6H3,(H,20,21)/b15-12-,19-13+. The van der Waals surface area contributed by atoms with Crippen LogP contribution in [0.1, 0.15) is 66.7 Å². The van der Waals surface area contributed by atoms with Crippen LogP contribution < -0.4 is 5.32 Å². The Morgan fingerprint density at radius 1 is 1.26 bits per heavy atom. The summed E-state index contributed by atoms with van der Waals surface area (Å²) in [5.74, 6) is 0.461. The van der Waals surface area contributed by atoms with Gasteiger partial charge in [0.05, 0.1) is 6.10 Å². The Morgan fingerprint density at radius 3 is 2.48 bits per heavy atom. The van der Waals surface area contributed by atoms with E-state index < -0.39 is 0 Å².